The molecule has 5 nitrogen and oxygen atoms in total. The van der Waals surface area contributed by atoms with Crippen LogP contribution in [0.5, 0.6) is 5.75 Å². The van der Waals surface area contributed by atoms with Crippen molar-refractivity contribution in [3.8, 4) is 5.75 Å². The predicted octanol–water partition coefficient (Wildman–Crippen LogP) is 4.22. The number of carbonyl (C=O) groups excluding carboxylic acids is 1. The molecule has 0 spiro atoms. The highest BCUT2D eigenvalue weighted by Crippen LogP contribution is 2.19. The minimum absolute atomic E-state index is 0.324. The van der Waals surface area contributed by atoms with Crippen LogP contribution in [0, 0.1) is 0 Å². The van der Waals surface area contributed by atoms with Gasteiger partial charge >= 0.3 is 0 Å². The topological polar surface area (TPSA) is 63.6 Å². The first-order chi connectivity index (χ1) is 12.7. The largest absolute Gasteiger partial charge is 0.490 e. The van der Waals surface area contributed by atoms with Crippen molar-refractivity contribution < 1.29 is 9.53 Å². The maximum atomic E-state index is 12.1. The summed E-state index contributed by atoms with van der Waals surface area (Å²) in [4.78, 5) is 16.4. The van der Waals surface area contributed by atoms with E-state index in [2.05, 4.69) is 22.1 Å². The van der Waals surface area contributed by atoms with Gasteiger partial charge in [-0.1, -0.05) is 42.5 Å². The van der Waals surface area contributed by atoms with Gasteiger partial charge in [-0.25, -0.2) is 10.4 Å². The minimum Gasteiger partial charge on any atom is -0.490 e. The molecule has 130 valence electrons. The maximum Gasteiger partial charge on any atom is 0.271 e. The van der Waals surface area contributed by atoms with Gasteiger partial charge in [0.25, 0.3) is 5.91 Å². The second kappa shape index (κ2) is 8.27. The van der Waals surface area contributed by atoms with E-state index in [1.54, 1.807) is 30.3 Å². The number of halogens is 1. The molecule has 1 aromatic heterocycles. The SMILES string of the molecule is C=CCOc1ccc(C(=O)NN=Cc2cc3ccccc3nc2Cl)cc1. The number of nitrogens with one attached hydrogen (secondary N) is 1. The summed E-state index contributed by atoms with van der Waals surface area (Å²) in [5.41, 5.74) is 4.37. The Morgan fingerprint density at radius 3 is 2.77 bits per heavy atom. The van der Waals surface area contributed by atoms with E-state index in [1.807, 2.05) is 30.3 Å². The number of hydrazone groups is 1. The Kier molecular flexibility index (Phi) is 5.61. The molecule has 0 unspecified atom stereocenters. The van der Waals surface area contributed by atoms with Crippen molar-refractivity contribution in [2.75, 3.05) is 6.61 Å². The number of aromatic nitrogens is 1. The zero-order valence-corrected chi connectivity index (χ0v) is 14.6. The maximum absolute atomic E-state index is 12.1. The van der Waals surface area contributed by atoms with Crippen LogP contribution in [-0.2, 0) is 0 Å². The number of hydrogen-bond donors (Lipinski definition) is 1. The second-order valence-corrected chi connectivity index (χ2v) is 5.74. The lowest BCUT2D eigenvalue weighted by molar-refractivity contribution is 0.0955. The smallest absolute Gasteiger partial charge is 0.271 e. The predicted molar refractivity (Wildman–Crippen MR) is 104 cm³/mol. The van der Waals surface area contributed by atoms with Gasteiger partial charge in [-0.15, -0.1) is 0 Å². The number of ether oxygens (including phenoxy) is 1. The van der Waals surface area contributed by atoms with Crippen molar-refractivity contribution in [1.82, 2.24) is 10.4 Å². The van der Waals surface area contributed by atoms with Crippen LogP contribution in [0.4, 0.5) is 0 Å². The molecule has 6 heteroatoms. The van der Waals surface area contributed by atoms with Crippen LogP contribution in [0.1, 0.15) is 15.9 Å². The van der Waals surface area contributed by atoms with Crippen molar-refractivity contribution in [1.29, 1.82) is 0 Å². The van der Waals surface area contributed by atoms with Gasteiger partial charge in [0.1, 0.15) is 17.5 Å². The summed E-state index contributed by atoms with van der Waals surface area (Å²) in [6.07, 6.45) is 3.13. The summed E-state index contributed by atoms with van der Waals surface area (Å²) < 4.78 is 5.38. The number of benzene rings is 2. The molecule has 1 N–H and O–H groups in total. The van der Waals surface area contributed by atoms with E-state index in [0.29, 0.717) is 28.6 Å². The third-order valence-corrected chi connectivity index (χ3v) is 3.86. The summed E-state index contributed by atoms with van der Waals surface area (Å²) in [6.45, 7) is 4.00. The van der Waals surface area contributed by atoms with Crippen molar-refractivity contribution >= 4 is 34.6 Å². The molecule has 0 aliphatic rings. The summed E-state index contributed by atoms with van der Waals surface area (Å²) in [7, 11) is 0. The second-order valence-electron chi connectivity index (χ2n) is 5.38. The first-order valence-electron chi connectivity index (χ1n) is 7.90. The molecule has 0 aliphatic carbocycles. The lowest BCUT2D eigenvalue weighted by Crippen LogP contribution is -2.17. The molecule has 0 atom stereocenters. The molecule has 3 aromatic rings. The molecule has 0 saturated heterocycles. The van der Waals surface area contributed by atoms with Crippen LogP contribution in [0.3, 0.4) is 0 Å². The van der Waals surface area contributed by atoms with Crippen LogP contribution >= 0.6 is 11.6 Å². The van der Waals surface area contributed by atoms with Gasteiger partial charge in [-0.2, -0.15) is 5.10 Å². The van der Waals surface area contributed by atoms with E-state index in [-0.39, 0.29) is 5.91 Å². The average molecular weight is 366 g/mol. The van der Waals surface area contributed by atoms with Crippen molar-refractivity contribution in [3.63, 3.8) is 0 Å². The minimum atomic E-state index is -0.332. The van der Waals surface area contributed by atoms with Gasteiger partial charge < -0.3 is 4.74 Å². The number of hydrogen-bond acceptors (Lipinski definition) is 4. The molecule has 0 aliphatic heterocycles. The van der Waals surface area contributed by atoms with Gasteiger partial charge in [0.15, 0.2) is 0 Å². The quantitative estimate of drug-likeness (QED) is 0.308. The molecule has 0 radical (unpaired) electrons. The van der Waals surface area contributed by atoms with E-state index < -0.39 is 0 Å². The molecular weight excluding hydrogens is 350 g/mol. The zero-order chi connectivity index (χ0) is 18.4. The van der Waals surface area contributed by atoms with E-state index in [9.17, 15) is 4.79 Å². The van der Waals surface area contributed by atoms with Crippen molar-refractivity contribution in [2.24, 2.45) is 5.10 Å². The Labute approximate surface area is 156 Å². The van der Waals surface area contributed by atoms with Crippen LogP contribution in [0.2, 0.25) is 5.15 Å². The fourth-order valence-electron chi connectivity index (χ4n) is 2.28. The Hall–Kier alpha value is -3.18. The fraction of sp³-hybridized carbons (Fsp3) is 0.0500. The molecule has 0 fully saturated rings. The number of nitrogens with zero attached hydrogens (tertiary/aromatic N) is 2. The average Bonchev–Trinajstić information content (AvgIpc) is 2.67. The first kappa shape index (κ1) is 17.6. The Bertz CT molecular complexity index is 968. The Morgan fingerprint density at radius 1 is 1.23 bits per heavy atom. The first-order valence-corrected chi connectivity index (χ1v) is 8.27. The third kappa shape index (κ3) is 4.26. The van der Waals surface area contributed by atoms with Crippen LogP contribution in [0.15, 0.2) is 72.4 Å². The highest BCUT2D eigenvalue weighted by atomic mass is 35.5. The summed E-state index contributed by atoms with van der Waals surface area (Å²) >= 11 is 6.16. The molecule has 0 bridgehead atoms. The Morgan fingerprint density at radius 2 is 2.00 bits per heavy atom. The number of pyridine rings is 1. The molecule has 26 heavy (non-hydrogen) atoms. The fourth-order valence-corrected chi connectivity index (χ4v) is 2.48. The summed E-state index contributed by atoms with van der Waals surface area (Å²) in [5, 5.41) is 5.23. The van der Waals surface area contributed by atoms with E-state index in [4.69, 9.17) is 16.3 Å². The molecular formula is C20H16ClN3O2. The van der Waals surface area contributed by atoms with Crippen LogP contribution < -0.4 is 10.2 Å². The Balaban J connectivity index is 1.67. The van der Waals surface area contributed by atoms with Crippen LogP contribution in [-0.4, -0.2) is 23.7 Å². The van der Waals surface area contributed by atoms with E-state index >= 15 is 0 Å². The van der Waals surface area contributed by atoms with E-state index in [0.717, 1.165) is 10.9 Å². The lowest BCUT2D eigenvalue weighted by atomic mass is 10.2. The molecule has 1 amide bonds. The summed E-state index contributed by atoms with van der Waals surface area (Å²) in [6, 6.07) is 16.2. The van der Waals surface area contributed by atoms with Gasteiger partial charge in [0, 0.05) is 16.5 Å². The number of amides is 1. The zero-order valence-electron chi connectivity index (χ0n) is 13.9. The number of fused-ring (bicyclic) bond motifs is 1. The normalized spacial score (nSPS) is 10.8. The van der Waals surface area contributed by atoms with Gasteiger partial charge in [0.2, 0.25) is 0 Å². The molecule has 2 aromatic carbocycles. The van der Waals surface area contributed by atoms with Crippen LogP contribution in [0.25, 0.3) is 10.9 Å². The number of carbonyl (C=O) groups is 1. The van der Waals surface area contributed by atoms with Gasteiger partial charge in [-0.3, -0.25) is 4.79 Å². The van der Waals surface area contributed by atoms with E-state index in [1.165, 1.54) is 6.21 Å². The number of rotatable bonds is 6. The highest BCUT2D eigenvalue weighted by Gasteiger charge is 2.05. The van der Waals surface area contributed by atoms with Crippen molar-refractivity contribution in [3.05, 3.63) is 83.5 Å². The molecule has 0 saturated carbocycles. The number of para-hydroxylation sites is 1. The van der Waals surface area contributed by atoms with Crippen molar-refractivity contribution in [2.45, 2.75) is 0 Å². The lowest BCUT2D eigenvalue weighted by Gasteiger charge is -2.04. The molecule has 1 heterocycles. The van der Waals surface area contributed by atoms with Gasteiger partial charge in [-0.05, 0) is 36.4 Å². The molecule has 3 rings (SSSR count). The summed E-state index contributed by atoms with van der Waals surface area (Å²) in [5.74, 6) is 0.334. The monoisotopic (exact) mass is 365 g/mol. The third-order valence-electron chi connectivity index (χ3n) is 3.56. The van der Waals surface area contributed by atoms with Gasteiger partial charge in [0.05, 0.1) is 11.7 Å². The standard InChI is InChI=1S/C20H16ClN3O2/c1-2-11-26-17-9-7-14(8-10-17)20(25)24-22-13-16-12-15-5-3-4-6-18(15)23-19(16)21/h2-10,12-13H,1,11H2,(H,24,25). The highest BCUT2D eigenvalue weighted by molar-refractivity contribution is 6.32.